The molecule has 0 aliphatic carbocycles. The number of nitrogens with one attached hydrogen (secondary N) is 1. The van der Waals surface area contributed by atoms with Gasteiger partial charge in [-0.25, -0.2) is 0 Å². The molecule has 3 rings (SSSR count). The summed E-state index contributed by atoms with van der Waals surface area (Å²) in [6.45, 7) is 7.03. The number of hydrogen-bond acceptors (Lipinski definition) is 5. The minimum Gasteiger partial charge on any atom is -0.334 e. The number of nitrogens with zero attached hydrogens (tertiary/aromatic N) is 3. The maximum Gasteiger partial charge on any atom is 0.274 e. The molecule has 9 heteroatoms. The quantitative estimate of drug-likeness (QED) is 0.693. The van der Waals surface area contributed by atoms with Gasteiger partial charge in [0.25, 0.3) is 23.3 Å². The summed E-state index contributed by atoms with van der Waals surface area (Å²) in [6.07, 6.45) is 1.42. The first-order valence-corrected chi connectivity index (χ1v) is 10.3. The van der Waals surface area contributed by atoms with Crippen LogP contribution in [-0.2, 0) is 11.8 Å². The zero-order valence-corrected chi connectivity index (χ0v) is 18.7. The highest BCUT2D eigenvalue weighted by Gasteiger charge is 2.36. The summed E-state index contributed by atoms with van der Waals surface area (Å²) in [5.41, 5.74) is 0.0865. The van der Waals surface area contributed by atoms with Gasteiger partial charge in [-0.15, -0.1) is 0 Å². The van der Waals surface area contributed by atoms with Crippen molar-refractivity contribution in [2.24, 2.45) is 7.05 Å². The molecule has 4 amide bonds. The molecule has 0 fully saturated rings. The van der Waals surface area contributed by atoms with Gasteiger partial charge >= 0.3 is 0 Å². The highest BCUT2D eigenvalue weighted by Crippen LogP contribution is 2.22. The van der Waals surface area contributed by atoms with Gasteiger partial charge in [0, 0.05) is 25.3 Å². The molecule has 0 bridgehead atoms. The molecule has 0 saturated carbocycles. The van der Waals surface area contributed by atoms with Crippen LogP contribution < -0.4 is 10.9 Å². The van der Waals surface area contributed by atoms with Crippen LogP contribution in [0.3, 0.4) is 0 Å². The Kier molecular flexibility index (Phi) is 6.29. The van der Waals surface area contributed by atoms with Crippen LogP contribution >= 0.6 is 0 Å². The van der Waals surface area contributed by atoms with Gasteiger partial charge in [0.2, 0.25) is 5.91 Å². The monoisotopic (exact) mass is 438 g/mol. The van der Waals surface area contributed by atoms with Crippen molar-refractivity contribution in [1.29, 1.82) is 0 Å². The normalized spacial score (nSPS) is 13.0. The van der Waals surface area contributed by atoms with Crippen LogP contribution in [-0.4, -0.2) is 56.6 Å². The van der Waals surface area contributed by atoms with Crippen LogP contribution in [0.5, 0.6) is 0 Å². The summed E-state index contributed by atoms with van der Waals surface area (Å²) in [7, 11) is 1.48. The van der Waals surface area contributed by atoms with Crippen molar-refractivity contribution in [1.82, 2.24) is 14.4 Å². The van der Waals surface area contributed by atoms with Gasteiger partial charge in [-0.3, -0.25) is 28.9 Å². The second-order valence-electron chi connectivity index (χ2n) is 8.25. The fourth-order valence-electron chi connectivity index (χ4n) is 3.85. The predicted octanol–water partition coefficient (Wildman–Crippen LogP) is 1.88. The number of aromatic nitrogens is 1. The molecule has 9 nitrogen and oxygen atoms in total. The molecule has 0 atom stereocenters. The second-order valence-corrected chi connectivity index (χ2v) is 8.25. The number of hydrogen-bond donors (Lipinski definition) is 1. The first-order valence-electron chi connectivity index (χ1n) is 10.3. The maximum atomic E-state index is 13.0. The van der Waals surface area contributed by atoms with Crippen LogP contribution in [0.4, 0.5) is 5.69 Å². The minimum atomic E-state index is -0.717. The Morgan fingerprint density at radius 3 is 2.00 bits per heavy atom. The Balaban J connectivity index is 1.83. The zero-order valence-electron chi connectivity index (χ0n) is 18.7. The number of anilines is 1. The van der Waals surface area contributed by atoms with E-state index in [1.54, 1.807) is 17.0 Å². The summed E-state index contributed by atoms with van der Waals surface area (Å²) >= 11 is 0. The first-order chi connectivity index (χ1) is 15.0. The summed E-state index contributed by atoms with van der Waals surface area (Å²) in [5.74, 6) is -2.13. The van der Waals surface area contributed by atoms with Crippen LogP contribution in [0.2, 0.25) is 0 Å². The molecular weight excluding hydrogens is 412 g/mol. The summed E-state index contributed by atoms with van der Waals surface area (Å²) in [5, 5.41) is 2.45. The third kappa shape index (κ3) is 4.18. The van der Waals surface area contributed by atoms with Crippen molar-refractivity contribution in [2.75, 3.05) is 11.9 Å². The lowest BCUT2D eigenvalue weighted by Gasteiger charge is -2.31. The number of carbonyl (C=O) groups is 4. The van der Waals surface area contributed by atoms with E-state index in [9.17, 15) is 24.0 Å². The fraction of sp³-hybridized carbons (Fsp3) is 0.348. The van der Waals surface area contributed by atoms with Gasteiger partial charge in [-0.1, -0.05) is 12.1 Å². The van der Waals surface area contributed by atoms with Crippen molar-refractivity contribution >= 4 is 29.3 Å². The van der Waals surface area contributed by atoms with Gasteiger partial charge in [0.05, 0.1) is 16.7 Å². The molecule has 1 aliphatic heterocycles. The van der Waals surface area contributed by atoms with Gasteiger partial charge in [0.15, 0.2) is 0 Å². The Morgan fingerprint density at radius 1 is 0.969 bits per heavy atom. The van der Waals surface area contributed by atoms with E-state index in [2.05, 4.69) is 5.32 Å². The average Bonchev–Trinajstić information content (AvgIpc) is 2.95. The van der Waals surface area contributed by atoms with Gasteiger partial charge < -0.3 is 14.8 Å². The Hall–Kier alpha value is -3.75. The molecule has 1 aromatic carbocycles. The zero-order chi connectivity index (χ0) is 23.7. The van der Waals surface area contributed by atoms with E-state index >= 15 is 0 Å². The van der Waals surface area contributed by atoms with Crippen LogP contribution in [0.25, 0.3) is 0 Å². The van der Waals surface area contributed by atoms with E-state index in [4.69, 9.17) is 0 Å². The third-order valence-corrected chi connectivity index (χ3v) is 5.23. The number of aryl methyl sites for hydroxylation is 1. The Morgan fingerprint density at radius 2 is 1.50 bits per heavy atom. The van der Waals surface area contributed by atoms with Gasteiger partial charge in [-0.2, -0.15) is 0 Å². The largest absolute Gasteiger partial charge is 0.334 e. The maximum absolute atomic E-state index is 13.0. The Labute approximate surface area is 185 Å². The summed E-state index contributed by atoms with van der Waals surface area (Å²) in [6, 6.07) is 7.51. The van der Waals surface area contributed by atoms with Crippen molar-refractivity contribution in [3.05, 3.63) is 63.6 Å². The van der Waals surface area contributed by atoms with Crippen molar-refractivity contribution in [3.8, 4) is 0 Å². The molecular formula is C23H26N4O5. The molecule has 1 aromatic heterocycles. The number of rotatable bonds is 6. The standard InChI is InChI=1S/C23H26N4O5/c1-13(2)27(14(3)4)20(29)15-10-18(23(32)25(5)11-15)24-19(28)12-26-21(30)16-8-6-7-9-17(16)22(26)31/h6-11,13-14H,12H2,1-5H3,(H,24,28). The predicted molar refractivity (Wildman–Crippen MR) is 119 cm³/mol. The lowest BCUT2D eigenvalue weighted by molar-refractivity contribution is -0.116. The van der Waals surface area contributed by atoms with Crippen molar-refractivity contribution in [2.45, 2.75) is 39.8 Å². The van der Waals surface area contributed by atoms with Crippen LogP contribution in [0, 0.1) is 0 Å². The number of carbonyl (C=O) groups excluding carboxylic acids is 4. The molecule has 2 aromatic rings. The topological polar surface area (TPSA) is 109 Å². The van der Waals surface area contributed by atoms with Crippen molar-refractivity contribution < 1.29 is 19.2 Å². The lowest BCUT2D eigenvalue weighted by atomic mass is 10.1. The SMILES string of the molecule is CC(C)N(C(=O)c1cc(NC(=O)CN2C(=O)c3ccccc3C2=O)c(=O)n(C)c1)C(C)C. The van der Waals surface area contributed by atoms with E-state index in [0.29, 0.717) is 0 Å². The van der Waals surface area contributed by atoms with E-state index in [1.807, 2.05) is 27.7 Å². The smallest absolute Gasteiger partial charge is 0.274 e. The fourth-order valence-corrected chi connectivity index (χ4v) is 3.85. The van der Waals surface area contributed by atoms with Gasteiger partial charge in [-0.05, 0) is 45.9 Å². The summed E-state index contributed by atoms with van der Waals surface area (Å²) in [4.78, 5) is 65.6. The number of benzene rings is 1. The average molecular weight is 438 g/mol. The van der Waals surface area contributed by atoms with Gasteiger partial charge in [0.1, 0.15) is 12.2 Å². The Bertz CT molecular complexity index is 1120. The van der Waals surface area contributed by atoms with E-state index in [0.717, 1.165) is 4.90 Å². The third-order valence-electron chi connectivity index (χ3n) is 5.23. The number of fused-ring (bicyclic) bond motifs is 1. The molecule has 0 radical (unpaired) electrons. The molecule has 1 N–H and O–H groups in total. The number of imide groups is 1. The number of amides is 4. The highest BCUT2D eigenvalue weighted by molar-refractivity contribution is 6.22. The molecule has 2 heterocycles. The first kappa shape index (κ1) is 22.9. The molecule has 32 heavy (non-hydrogen) atoms. The van der Waals surface area contributed by atoms with Crippen LogP contribution in [0.1, 0.15) is 58.8 Å². The van der Waals surface area contributed by atoms with E-state index < -0.39 is 29.8 Å². The molecule has 1 aliphatic rings. The molecule has 0 spiro atoms. The minimum absolute atomic E-state index is 0.0633. The highest BCUT2D eigenvalue weighted by atomic mass is 16.2. The molecule has 0 unspecified atom stereocenters. The number of pyridine rings is 1. The van der Waals surface area contributed by atoms with Crippen LogP contribution in [0.15, 0.2) is 41.3 Å². The van der Waals surface area contributed by atoms with Crippen molar-refractivity contribution in [3.63, 3.8) is 0 Å². The second kappa shape index (κ2) is 8.78. The molecule has 0 saturated heterocycles. The van der Waals surface area contributed by atoms with E-state index in [-0.39, 0.29) is 40.4 Å². The van der Waals surface area contributed by atoms with E-state index in [1.165, 1.54) is 36.0 Å². The summed E-state index contributed by atoms with van der Waals surface area (Å²) < 4.78 is 1.21. The lowest BCUT2D eigenvalue weighted by Crippen LogP contribution is -2.42. The molecule has 168 valence electrons.